The molecule has 1 aliphatic heterocycles. The Morgan fingerprint density at radius 2 is 1.78 bits per heavy atom. The quantitative estimate of drug-likeness (QED) is 0.236. The molecule has 2 aliphatic rings. The second-order valence-electron chi connectivity index (χ2n) is 9.34. The van der Waals surface area contributed by atoms with Crippen LogP contribution in [0.2, 0.25) is 0 Å². The molecule has 5 rings (SSSR count). The number of hydrogen-bond donors (Lipinski definition) is 3. The molecule has 0 spiro atoms. The Morgan fingerprint density at radius 1 is 1.05 bits per heavy atom. The molecular formula is C29H30BrN3O4. The Kier molecular flexibility index (Phi) is 7.88. The standard InChI is InChI=1S/C29H30BrN3O4/c30-25-10-5-4-9-22(25)19-29(28(35)33-32-23-13-14-23)26(20-7-2-1-3-8-20)37-27(31-29)21-11-15-24(16-12-21)36-18-6-17-34/h1-5,7-12,15-16,23,26,32,34H,6,13-14,17-19H2,(H,33,35)/t26-,29-/m0/s1. The van der Waals surface area contributed by atoms with E-state index in [1.54, 1.807) is 0 Å². The SMILES string of the molecule is O=C(NNC1CC1)[C@@]1(Cc2ccccc2Br)N=C(c2ccc(OCCCO)cc2)O[C@H]1c1ccccc1. The van der Waals surface area contributed by atoms with Crippen molar-refractivity contribution in [3.05, 3.63) is 100 Å². The van der Waals surface area contributed by atoms with Crippen molar-refractivity contribution in [1.82, 2.24) is 10.9 Å². The van der Waals surface area contributed by atoms with Gasteiger partial charge in [0, 0.05) is 35.5 Å². The summed E-state index contributed by atoms with van der Waals surface area (Å²) >= 11 is 3.65. The van der Waals surface area contributed by atoms with Crippen molar-refractivity contribution in [3.8, 4) is 5.75 Å². The summed E-state index contributed by atoms with van der Waals surface area (Å²) in [5.74, 6) is 0.869. The van der Waals surface area contributed by atoms with Crippen LogP contribution in [-0.4, -0.2) is 41.7 Å². The lowest BCUT2D eigenvalue weighted by Gasteiger charge is -2.31. The summed E-state index contributed by atoms with van der Waals surface area (Å²) in [5.41, 5.74) is 7.45. The number of nitrogens with zero attached hydrogens (tertiary/aromatic N) is 1. The largest absolute Gasteiger partial charge is 0.494 e. The molecule has 1 heterocycles. The first-order chi connectivity index (χ1) is 18.1. The summed E-state index contributed by atoms with van der Waals surface area (Å²) in [6.07, 6.45) is 2.36. The molecule has 0 saturated heterocycles. The molecule has 2 atom stereocenters. The molecule has 7 nitrogen and oxygen atoms in total. The molecular weight excluding hydrogens is 534 g/mol. The highest BCUT2D eigenvalue weighted by atomic mass is 79.9. The number of ether oxygens (including phenoxy) is 2. The van der Waals surface area contributed by atoms with E-state index in [-0.39, 0.29) is 12.5 Å². The average molecular weight is 564 g/mol. The van der Waals surface area contributed by atoms with Crippen molar-refractivity contribution < 1.29 is 19.4 Å². The van der Waals surface area contributed by atoms with E-state index in [9.17, 15) is 4.79 Å². The summed E-state index contributed by atoms with van der Waals surface area (Å²) in [5, 5.41) is 8.99. The number of amides is 1. The van der Waals surface area contributed by atoms with E-state index in [2.05, 4.69) is 26.8 Å². The number of aliphatic hydroxyl groups is 1. The number of benzene rings is 3. The van der Waals surface area contributed by atoms with E-state index < -0.39 is 11.6 Å². The van der Waals surface area contributed by atoms with Crippen molar-refractivity contribution in [1.29, 1.82) is 0 Å². The molecule has 0 radical (unpaired) electrons. The van der Waals surface area contributed by atoms with Crippen LogP contribution in [0, 0.1) is 0 Å². The van der Waals surface area contributed by atoms with Crippen LogP contribution in [0.1, 0.15) is 42.1 Å². The first-order valence-electron chi connectivity index (χ1n) is 12.5. The molecule has 3 N–H and O–H groups in total. The molecule has 0 bridgehead atoms. The van der Waals surface area contributed by atoms with E-state index >= 15 is 0 Å². The van der Waals surface area contributed by atoms with Crippen LogP contribution in [-0.2, 0) is 16.0 Å². The van der Waals surface area contributed by atoms with Gasteiger partial charge in [-0.1, -0.05) is 64.5 Å². The van der Waals surface area contributed by atoms with Gasteiger partial charge in [-0.3, -0.25) is 10.2 Å². The molecule has 37 heavy (non-hydrogen) atoms. The van der Waals surface area contributed by atoms with Gasteiger partial charge in [-0.15, -0.1) is 0 Å². The third-order valence-electron chi connectivity index (χ3n) is 6.52. The fourth-order valence-electron chi connectivity index (χ4n) is 4.35. The van der Waals surface area contributed by atoms with Crippen molar-refractivity contribution >= 4 is 27.7 Å². The van der Waals surface area contributed by atoms with Gasteiger partial charge in [0.2, 0.25) is 5.90 Å². The van der Waals surface area contributed by atoms with Crippen molar-refractivity contribution in [2.45, 2.75) is 43.4 Å². The van der Waals surface area contributed by atoms with Gasteiger partial charge in [0.25, 0.3) is 5.91 Å². The van der Waals surface area contributed by atoms with Crippen LogP contribution in [0.15, 0.2) is 88.3 Å². The number of hydrazine groups is 1. The highest BCUT2D eigenvalue weighted by molar-refractivity contribution is 9.10. The van der Waals surface area contributed by atoms with Crippen LogP contribution in [0.5, 0.6) is 5.75 Å². The third kappa shape index (κ3) is 5.87. The molecule has 192 valence electrons. The van der Waals surface area contributed by atoms with Gasteiger partial charge >= 0.3 is 0 Å². The zero-order chi connectivity index (χ0) is 25.7. The van der Waals surface area contributed by atoms with Crippen molar-refractivity contribution in [2.24, 2.45) is 4.99 Å². The number of nitrogens with one attached hydrogen (secondary N) is 2. The molecule has 1 amide bonds. The zero-order valence-electron chi connectivity index (χ0n) is 20.4. The van der Waals surface area contributed by atoms with Crippen molar-refractivity contribution in [3.63, 3.8) is 0 Å². The number of rotatable bonds is 11. The van der Waals surface area contributed by atoms with E-state index in [0.717, 1.165) is 34.0 Å². The molecule has 3 aromatic carbocycles. The minimum Gasteiger partial charge on any atom is -0.494 e. The van der Waals surface area contributed by atoms with Crippen LogP contribution in [0.4, 0.5) is 0 Å². The van der Waals surface area contributed by atoms with E-state index in [1.807, 2.05) is 78.9 Å². The summed E-state index contributed by atoms with van der Waals surface area (Å²) in [7, 11) is 0. The second kappa shape index (κ2) is 11.5. The number of hydrogen-bond acceptors (Lipinski definition) is 6. The van der Waals surface area contributed by atoms with Crippen LogP contribution in [0.25, 0.3) is 0 Å². The maximum absolute atomic E-state index is 14.0. The third-order valence-corrected chi connectivity index (χ3v) is 7.29. The molecule has 3 aromatic rings. The van der Waals surface area contributed by atoms with Gasteiger partial charge in [0.05, 0.1) is 6.61 Å². The van der Waals surface area contributed by atoms with Gasteiger partial charge in [-0.2, -0.15) is 0 Å². The highest BCUT2D eigenvalue weighted by Gasteiger charge is 2.53. The first kappa shape index (κ1) is 25.4. The predicted octanol–water partition coefficient (Wildman–Crippen LogP) is 4.49. The fraction of sp³-hybridized carbons (Fsp3) is 0.310. The number of aliphatic imine (C=N–C) groups is 1. The Morgan fingerprint density at radius 3 is 2.49 bits per heavy atom. The number of carbonyl (C=O) groups excluding carboxylic acids is 1. The van der Waals surface area contributed by atoms with E-state index in [4.69, 9.17) is 19.6 Å². The smallest absolute Gasteiger partial charge is 0.266 e. The van der Waals surface area contributed by atoms with E-state index in [0.29, 0.717) is 37.1 Å². The Labute approximate surface area is 225 Å². The van der Waals surface area contributed by atoms with E-state index in [1.165, 1.54) is 0 Å². The lowest BCUT2D eigenvalue weighted by Crippen LogP contribution is -2.54. The van der Waals surface area contributed by atoms with Gasteiger partial charge in [0.1, 0.15) is 5.75 Å². The maximum Gasteiger partial charge on any atom is 0.266 e. The summed E-state index contributed by atoms with van der Waals surface area (Å²) in [6.45, 7) is 0.521. The number of halogens is 1. The molecule has 8 heteroatoms. The van der Waals surface area contributed by atoms with Gasteiger partial charge in [-0.25, -0.2) is 10.4 Å². The number of carbonyl (C=O) groups is 1. The van der Waals surface area contributed by atoms with Crippen LogP contribution >= 0.6 is 15.9 Å². The average Bonchev–Trinajstić information content (AvgIpc) is 3.68. The van der Waals surface area contributed by atoms with Gasteiger partial charge in [0.15, 0.2) is 11.6 Å². The van der Waals surface area contributed by atoms with Crippen LogP contribution < -0.4 is 15.6 Å². The Bertz CT molecular complexity index is 1250. The lowest BCUT2D eigenvalue weighted by molar-refractivity contribution is -0.130. The molecule has 1 aliphatic carbocycles. The Hall–Kier alpha value is -3.20. The van der Waals surface area contributed by atoms with Crippen molar-refractivity contribution in [2.75, 3.05) is 13.2 Å². The Balaban J connectivity index is 1.53. The van der Waals surface area contributed by atoms with Gasteiger partial charge in [-0.05, 0) is 54.3 Å². The molecule has 1 saturated carbocycles. The second-order valence-corrected chi connectivity index (χ2v) is 10.2. The van der Waals surface area contributed by atoms with Crippen LogP contribution in [0.3, 0.4) is 0 Å². The minimum absolute atomic E-state index is 0.0842. The lowest BCUT2D eigenvalue weighted by atomic mass is 9.82. The maximum atomic E-state index is 14.0. The minimum atomic E-state index is -1.24. The summed E-state index contributed by atoms with van der Waals surface area (Å²) in [6, 6.07) is 25.4. The molecule has 0 unspecified atom stereocenters. The summed E-state index contributed by atoms with van der Waals surface area (Å²) < 4.78 is 13.1. The predicted molar refractivity (Wildman–Crippen MR) is 145 cm³/mol. The normalized spacial score (nSPS) is 20.7. The molecule has 1 fully saturated rings. The summed E-state index contributed by atoms with van der Waals surface area (Å²) in [4.78, 5) is 19.0. The topological polar surface area (TPSA) is 92.2 Å². The monoisotopic (exact) mass is 563 g/mol. The molecule has 0 aromatic heterocycles. The highest BCUT2D eigenvalue weighted by Crippen LogP contribution is 2.43. The van der Waals surface area contributed by atoms with Gasteiger partial charge < -0.3 is 14.6 Å². The zero-order valence-corrected chi connectivity index (χ0v) is 22.0. The first-order valence-corrected chi connectivity index (χ1v) is 13.3. The fourth-order valence-corrected chi connectivity index (χ4v) is 4.77. The number of aliphatic hydroxyl groups excluding tert-OH is 1.